The van der Waals surface area contributed by atoms with Crippen molar-refractivity contribution in [2.75, 3.05) is 5.73 Å². The fourth-order valence-electron chi connectivity index (χ4n) is 1.60. The molecule has 0 aliphatic rings. The van der Waals surface area contributed by atoms with Gasteiger partial charge in [-0.2, -0.15) is 0 Å². The Hall–Kier alpha value is -1.99. The fraction of sp³-hybridized carbons (Fsp3) is 0.0769. The molecule has 0 aromatic heterocycles. The highest BCUT2D eigenvalue weighted by atomic mass is 32.2. The Bertz CT molecular complexity index is 733. The molecular formula is C13H12F2N2O2S. The van der Waals surface area contributed by atoms with Gasteiger partial charge >= 0.3 is 0 Å². The van der Waals surface area contributed by atoms with Crippen molar-refractivity contribution in [1.82, 2.24) is 4.72 Å². The van der Waals surface area contributed by atoms with Crippen molar-refractivity contribution >= 4 is 15.7 Å². The van der Waals surface area contributed by atoms with Crippen LogP contribution in [0.4, 0.5) is 14.5 Å². The number of rotatable bonds is 4. The summed E-state index contributed by atoms with van der Waals surface area (Å²) in [6.45, 7) is -0.275. The first-order valence-electron chi connectivity index (χ1n) is 5.67. The molecule has 106 valence electrons. The van der Waals surface area contributed by atoms with E-state index in [-0.39, 0.29) is 17.0 Å². The van der Waals surface area contributed by atoms with Crippen molar-refractivity contribution in [1.29, 1.82) is 0 Å². The third kappa shape index (κ3) is 3.31. The van der Waals surface area contributed by atoms with Gasteiger partial charge in [-0.25, -0.2) is 21.9 Å². The van der Waals surface area contributed by atoms with Gasteiger partial charge in [0.25, 0.3) is 0 Å². The average molecular weight is 298 g/mol. The normalized spacial score (nSPS) is 11.5. The van der Waals surface area contributed by atoms with Crippen LogP contribution in [0.3, 0.4) is 0 Å². The average Bonchev–Trinajstić information content (AvgIpc) is 2.37. The monoisotopic (exact) mass is 298 g/mol. The van der Waals surface area contributed by atoms with Crippen LogP contribution in [0.25, 0.3) is 0 Å². The number of benzene rings is 2. The number of sulfonamides is 1. The zero-order valence-corrected chi connectivity index (χ0v) is 11.1. The number of halogens is 2. The molecule has 0 fully saturated rings. The van der Waals surface area contributed by atoms with Crippen LogP contribution < -0.4 is 10.5 Å². The molecule has 3 N–H and O–H groups in total. The van der Waals surface area contributed by atoms with Crippen molar-refractivity contribution in [3.05, 3.63) is 59.7 Å². The van der Waals surface area contributed by atoms with E-state index in [1.54, 1.807) is 6.07 Å². The molecule has 0 aliphatic heterocycles. The van der Waals surface area contributed by atoms with Crippen LogP contribution in [-0.2, 0) is 16.6 Å². The number of nitrogens with two attached hydrogens (primary N) is 1. The topological polar surface area (TPSA) is 72.2 Å². The Kier molecular flexibility index (Phi) is 4.01. The molecule has 0 unspecified atom stereocenters. The van der Waals surface area contributed by atoms with E-state index in [1.807, 2.05) is 0 Å². The number of hydrogen-bond donors (Lipinski definition) is 2. The van der Waals surface area contributed by atoms with E-state index in [4.69, 9.17) is 5.73 Å². The van der Waals surface area contributed by atoms with Crippen LogP contribution in [0.1, 0.15) is 5.56 Å². The van der Waals surface area contributed by atoms with Gasteiger partial charge in [0.1, 0.15) is 11.6 Å². The summed E-state index contributed by atoms with van der Waals surface area (Å²) in [5.74, 6) is -1.52. The predicted molar refractivity (Wildman–Crippen MR) is 71.2 cm³/mol. The molecule has 4 nitrogen and oxygen atoms in total. The van der Waals surface area contributed by atoms with Gasteiger partial charge in [0, 0.05) is 23.9 Å². The summed E-state index contributed by atoms with van der Waals surface area (Å²) in [5, 5.41) is 0. The third-order valence-corrected chi connectivity index (χ3v) is 4.04. The molecule has 0 spiro atoms. The Labute approximate surface area is 115 Å². The van der Waals surface area contributed by atoms with Crippen LogP contribution in [0.5, 0.6) is 0 Å². The Balaban J connectivity index is 2.17. The molecule has 0 saturated heterocycles. The van der Waals surface area contributed by atoms with Crippen LogP contribution in [-0.4, -0.2) is 8.42 Å². The standard InChI is InChI=1S/C13H12F2N2O2S/c14-10-5-4-9(13(15)6-10)8-17-20(18,19)12-3-1-2-11(16)7-12/h1-7,17H,8,16H2. The van der Waals surface area contributed by atoms with Crippen molar-refractivity contribution in [3.63, 3.8) is 0 Å². The quantitative estimate of drug-likeness (QED) is 0.848. The second-order valence-electron chi connectivity index (χ2n) is 4.13. The second kappa shape index (κ2) is 5.56. The summed E-state index contributed by atoms with van der Waals surface area (Å²) in [5.41, 5.74) is 5.87. The van der Waals surface area contributed by atoms with Crippen molar-refractivity contribution in [2.45, 2.75) is 11.4 Å². The fourth-order valence-corrected chi connectivity index (χ4v) is 2.66. The lowest BCUT2D eigenvalue weighted by atomic mass is 10.2. The first-order valence-corrected chi connectivity index (χ1v) is 7.16. The molecule has 0 aliphatic carbocycles. The molecule has 2 aromatic carbocycles. The summed E-state index contributed by atoms with van der Waals surface area (Å²) in [7, 11) is -3.80. The highest BCUT2D eigenvalue weighted by molar-refractivity contribution is 7.89. The first-order chi connectivity index (χ1) is 9.38. The molecule has 2 aromatic rings. The highest BCUT2D eigenvalue weighted by Gasteiger charge is 2.15. The Morgan fingerprint density at radius 3 is 2.50 bits per heavy atom. The van der Waals surface area contributed by atoms with Crippen LogP contribution in [0, 0.1) is 11.6 Å². The first kappa shape index (κ1) is 14.4. The van der Waals surface area contributed by atoms with Crippen LogP contribution in [0.2, 0.25) is 0 Å². The number of nitrogens with one attached hydrogen (secondary N) is 1. The molecule has 2 rings (SSSR count). The van der Waals surface area contributed by atoms with Gasteiger partial charge in [0.2, 0.25) is 10.0 Å². The molecule has 20 heavy (non-hydrogen) atoms. The molecule has 7 heteroatoms. The van der Waals surface area contributed by atoms with Crippen molar-refractivity contribution in [3.8, 4) is 0 Å². The minimum atomic E-state index is -3.80. The van der Waals surface area contributed by atoms with Crippen LogP contribution in [0.15, 0.2) is 47.4 Å². The molecule has 0 bridgehead atoms. The molecule has 0 radical (unpaired) electrons. The van der Waals surface area contributed by atoms with Gasteiger partial charge in [0.05, 0.1) is 4.90 Å². The summed E-state index contributed by atoms with van der Waals surface area (Å²) in [6.07, 6.45) is 0. The maximum absolute atomic E-state index is 13.4. The maximum atomic E-state index is 13.4. The van der Waals surface area contributed by atoms with E-state index in [9.17, 15) is 17.2 Å². The molecule has 0 saturated carbocycles. The maximum Gasteiger partial charge on any atom is 0.240 e. The summed E-state index contributed by atoms with van der Waals surface area (Å²) >= 11 is 0. The number of nitrogen functional groups attached to an aromatic ring is 1. The molecule has 0 amide bonds. The highest BCUT2D eigenvalue weighted by Crippen LogP contribution is 2.14. The largest absolute Gasteiger partial charge is 0.399 e. The van der Waals surface area contributed by atoms with Gasteiger partial charge in [-0.05, 0) is 24.3 Å². The minimum Gasteiger partial charge on any atom is -0.399 e. The SMILES string of the molecule is Nc1cccc(S(=O)(=O)NCc2ccc(F)cc2F)c1. The minimum absolute atomic E-state index is 0.0139. The zero-order valence-electron chi connectivity index (χ0n) is 10.3. The number of anilines is 1. The van der Waals surface area contributed by atoms with Gasteiger partial charge < -0.3 is 5.73 Å². The Morgan fingerprint density at radius 1 is 1.10 bits per heavy atom. The number of hydrogen-bond acceptors (Lipinski definition) is 3. The molecular weight excluding hydrogens is 286 g/mol. The lowest BCUT2D eigenvalue weighted by Crippen LogP contribution is -2.23. The smallest absolute Gasteiger partial charge is 0.240 e. The van der Waals surface area contributed by atoms with E-state index in [0.717, 1.165) is 6.07 Å². The second-order valence-corrected chi connectivity index (χ2v) is 5.90. The van der Waals surface area contributed by atoms with Gasteiger partial charge in [0.15, 0.2) is 0 Å². The predicted octanol–water partition coefficient (Wildman–Crippen LogP) is 2.03. The molecule has 0 atom stereocenters. The zero-order chi connectivity index (χ0) is 14.8. The molecule has 0 heterocycles. The van der Waals surface area contributed by atoms with E-state index < -0.39 is 21.7 Å². The Morgan fingerprint density at radius 2 is 1.85 bits per heavy atom. The van der Waals surface area contributed by atoms with Crippen molar-refractivity contribution in [2.24, 2.45) is 0 Å². The van der Waals surface area contributed by atoms with Gasteiger partial charge in [-0.15, -0.1) is 0 Å². The van der Waals surface area contributed by atoms with Crippen molar-refractivity contribution < 1.29 is 17.2 Å². The van der Waals surface area contributed by atoms with E-state index in [0.29, 0.717) is 11.8 Å². The summed E-state index contributed by atoms with van der Waals surface area (Å²) in [4.78, 5) is -0.0139. The lowest BCUT2D eigenvalue weighted by molar-refractivity contribution is 0.562. The third-order valence-electron chi connectivity index (χ3n) is 2.64. The van der Waals surface area contributed by atoms with E-state index in [2.05, 4.69) is 4.72 Å². The van der Waals surface area contributed by atoms with Gasteiger partial charge in [-0.1, -0.05) is 12.1 Å². The summed E-state index contributed by atoms with van der Waals surface area (Å²) < 4.78 is 52.3. The lowest BCUT2D eigenvalue weighted by Gasteiger charge is -2.08. The van der Waals surface area contributed by atoms with Crippen LogP contribution >= 0.6 is 0 Å². The van der Waals surface area contributed by atoms with E-state index in [1.165, 1.54) is 24.3 Å². The summed E-state index contributed by atoms with van der Waals surface area (Å²) in [6, 6.07) is 8.67. The van der Waals surface area contributed by atoms with E-state index >= 15 is 0 Å². The van der Waals surface area contributed by atoms with Gasteiger partial charge in [-0.3, -0.25) is 0 Å².